The topological polar surface area (TPSA) is 56.2 Å². The van der Waals surface area contributed by atoms with Crippen LogP contribution in [0.4, 0.5) is 0 Å². The summed E-state index contributed by atoms with van der Waals surface area (Å²) in [5.41, 5.74) is 5.38. The number of rotatable bonds is 16. The first-order valence-electron chi connectivity index (χ1n) is 14.3. The van der Waals surface area contributed by atoms with Gasteiger partial charge in [-0.3, -0.25) is 14.7 Å². The summed E-state index contributed by atoms with van der Waals surface area (Å²) in [6.45, 7) is 12.1. The molecule has 7 heteroatoms. The number of benzene rings is 2. The standard InChI is InChI=1S/C32H45N7/c1-5-18-38(19-6-2)23-29-11-7-27(8-12-29)21-36(3)22-28-9-13-30(14-10-28)24-39(25-31-33-15-16-34-31)26-32-35-17-20-37(32)4/h7-17,20H,5-6,18-19,21-26H2,1-4H3,(H,33,34). The average molecular weight is 528 g/mol. The van der Waals surface area contributed by atoms with E-state index in [2.05, 4.69) is 104 Å². The predicted octanol–water partition coefficient (Wildman–Crippen LogP) is 5.60. The number of hydrogen-bond donors (Lipinski definition) is 1. The van der Waals surface area contributed by atoms with E-state index in [0.29, 0.717) is 0 Å². The van der Waals surface area contributed by atoms with Gasteiger partial charge in [0.1, 0.15) is 11.6 Å². The summed E-state index contributed by atoms with van der Waals surface area (Å²) in [6, 6.07) is 18.2. The Kier molecular flexibility index (Phi) is 10.9. The Morgan fingerprint density at radius 3 is 1.67 bits per heavy atom. The monoisotopic (exact) mass is 527 g/mol. The smallest absolute Gasteiger partial charge is 0.122 e. The van der Waals surface area contributed by atoms with Gasteiger partial charge in [-0.1, -0.05) is 62.4 Å². The third kappa shape index (κ3) is 9.17. The summed E-state index contributed by atoms with van der Waals surface area (Å²) in [7, 11) is 4.24. The highest BCUT2D eigenvalue weighted by Crippen LogP contribution is 2.15. The van der Waals surface area contributed by atoms with Crippen LogP contribution in [0.2, 0.25) is 0 Å². The van der Waals surface area contributed by atoms with Crippen molar-refractivity contribution in [2.75, 3.05) is 20.1 Å². The van der Waals surface area contributed by atoms with Gasteiger partial charge >= 0.3 is 0 Å². The molecule has 0 bridgehead atoms. The highest BCUT2D eigenvalue weighted by molar-refractivity contribution is 5.24. The Bertz CT molecular complexity index is 1210. The Morgan fingerprint density at radius 1 is 0.667 bits per heavy atom. The van der Waals surface area contributed by atoms with Crippen molar-refractivity contribution in [3.05, 3.63) is 107 Å². The maximum atomic E-state index is 4.52. The number of nitrogens with zero attached hydrogens (tertiary/aromatic N) is 6. The number of aromatic nitrogens is 4. The number of nitrogens with one attached hydrogen (secondary N) is 1. The number of hydrogen-bond acceptors (Lipinski definition) is 5. The summed E-state index contributed by atoms with van der Waals surface area (Å²) < 4.78 is 2.08. The molecule has 208 valence electrons. The van der Waals surface area contributed by atoms with Gasteiger partial charge in [-0.05, 0) is 55.2 Å². The van der Waals surface area contributed by atoms with Gasteiger partial charge in [0.15, 0.2) is 0 Å². The van der Waals surface area contributed by atoms with Gasteiger partial charge in [-0.15, -0.1) is 0 Å². The third-order valence-corrected chi connectivity index (χ3v) is 7.06. The van der Waals surface area contributed by atoms with Crippen LogP contribution >= 0.6 is 0 Å². The molecule has 0 amide bonds. The van der Waals surface area contributed by atoms with Crippen LogP contribution in [-0.4, -0.2) is 54.4 Å². The van der Waals surface area contributed by atoms with Gasteiger partial charge in [0, 0.05) is 58.0 Å². The van der Waals surface area contributed by atoms with Crippen LogP contribution in [0.5, 0.6) is 0 Å². The lowest BCUT2D eigenvalue weighted by molar-refractivity contribution is 0.233. The maximum absolute atomic E-state index is 4.52. The van der Waals surface area contributed by atoms with E-state index in [4.69, 9.17) is 0 Å². The van der Waals surface area contributed by atoms with E-state index >= 15 is 0 Å². The van der Waals surface area contributed by atoms with E-state index in [1.165, 1.54) is 48.2 Å². The molecule has 2 aromatic carbocycles. The molecule has 7 nitrogen and oxygen atoms in total. The van der Waals surface area contributed by atoms with Gasteiger partial charge in [0.2, 0.25) is 0 Å². The second-order valence-corrected chi connectivity index (χ2v) is 10.7. The zero-order valence-electron chi connectivity index (χ0n) is 24.2. The molecule has 4 aromatic rings. The van der Waals surface area contributed by atoms with Crippen LogP contribution < -0.4 is 0 Å². The first-order chi connectivity index (χ1) is 19.0. The molecule has 0 aliphatic rings. The molecule has 4 rings (SSSR count). The molecule has 0 saturated carbocycles. The lowest BCUT2D eigenvalue weighted by Crippen LogP contribution is -2.25. The Balaban J connectivity index is 1.30. The van der Waals surface area contributed by atoms with Gasteiger partial charge in [0.25, 0.3) is 0 Å². The van der Waals surface area contributed by atoms with Crippen molar-refractivity contribution in [3.8, 4) is 0 Å². The van der Waals surface area contributed by atoms with Crippen molar-refractivity contribution in [2.45, 2.75) is 66.0 Å². The van der Waals surface area contributed by atoms with Gasteiger partial charge in [0.05, 0.1) is 13.1 Å². The Labute approximate surface area is 234 Å². The first-order valence-corrected chi connectivity index (χ1v) is 14.3. The van der Waals surface area contributed by atoms with Crippen LogP contribution in [0.25, 0.3) is 0 Å². The second-order valence-electron chi connectivity index (χ2n) is 10.7. The maximum Gasteiger partial charge on any atom is 0.122 e. The number of imidazole rings is 2. The number of aryl methyl sites for hydroxylation is 1. The Hall–Kier alpha value is -3.26. The number of H-pyrrole nitrogens is 1. The fourth-order valence-corrected chi connectivity index (χ4v) is 5.11. The minimum atomic E-state index is 0.748. The largest absolute Gasteiger partial charge is 0.348 e. The van der Waals surface area contributed by atoms with E-state index < -0.39 is 0 Å². The van der Waals surface area contributed by atoms with Crippen LogP contribution in [-0.2, 0) is 46.3 Å². The minimum absolute atomic E-state index is 0.748. The molecule has 0 fully saturated rings. The van der Waals surface area contributed by atoms with Crippen LogP contribution in [0.3, 0.4) is 0 Å². The van der Waals surface area contributed by atoms with E-state index in [9.17, 15) is 0 Å². The zero-order chi connectivity index (χ0) is 27.5. The zero-order valence-corrected chi connectivity index (χ0v) is 24.2. The number of aromatic amines is 1. The van der Waals surface area contributed by atoms with Crippen LogP contribution in [0, 0.1) is 0 Å². The van der Waals surface area contributed by atoms with Crippen LogP contribution in [0.15, 0.2) is 73.3 Å². The molecule has 2 aromatic heterocycles. The lowest BCUT2D eigenvalue weighted by Gasteiger charge is -2.22. The molecular weight excluding hydrogens is 482 g/mol. The third-order valence-electron chi connectivity index (χ3n) is 7.06. The molecule has 39 heavy (non-hydrogen) atoms. The predicted molar refractivity (Wildman–Crippen MR) is 159 cm³/mol. The highest BCUT2D eigenvalue weighted by atomic mass is 15.2. The van der Waals surface area contributed by atoms with Gasteiger partial charge in [-0.25, -0.2) is 9.97 Å². The van der Waals surface area contributed by atoms with E-state index in [-0.39, 0.29) is 0 Å². The normalized spacial score (nSPS) is 11.8. The van der Waals surface area contributed by atoms with Crippen molar-refractivity contribution in [1.82, 2.24) is 34.2 Å². The van der Waals surface area contributed by atoms with E-state index in [1.54, 1.807) is 0 Å². The first kappa shape index (κ1) is 28.7. The molecule has 0 unspecified atom stereocenters. The average Bonchev–Trinajstić information content (AvgIpc) is 3.58. The summed E-state index contributed by atoms with van der Waals surface area (Å²) in [4.78, 5) is 19.5. The fraction of sp³-hybridized carbons (Fsp3) is 0.438. The second kappa shape index (κ2) is 14.8. The van der Waals surface area contributed by atoms with Crippen molar-refractivity contribution < 1.29 is 0 Å². The molecule has 0 aliphatic heterocycles. The van der Waals surface area contributed by atoms with Crippen LogP contribution in [0.1, 0.15) is 60.6 Å². The highest BCUT2D eigenvalue weighted by Gasteiger charge is 2.13. The van der Waals surface area contributed by atoms with Crippen molar-refractivity contribution in [2.24, 2.45) is 7.05 Å². The van der Waals surface area contributed by atoms with E-state index in [0.717, 1.165) is 50.9 Å². The lowest BCUT2D eigenvalue weighted by atomic mass is 10.1. The molecule has 0 spiro atoms. The quantitative estimate of drug-likeness (QED) is 0.206. The molecule has 0 atom stereocenters. The summed E-state index contributed by atoms with van der Waals surface area (Å²) >= 11 is 0. The molecule has 0 radical (unpaired) electrons. The van der Waals surface area contributed by atoms with Crippen molar-refractivity contribution >= 4 is 0 Å². The van der Waals surface area contributed by atoms with Gasteiger partial charge < -0.3 is 9.55 Å². The molecule has 1 N–H and O–H groups in total. The summed E-state index contributed by atoms with van der Waals surface area (Å²) in [5, 5.41) is 0. The van der Waals surface area contributed by atoms with Crippen molar-refractivity contribution in [3.63, 3.8) is 0 Å². The fourth-order valence-electron chi connectivity index (χ4n) is 5.11. The summed E-state index contributed by atoms with van der Waals surface area (Å²) in [5.74, 6) is 2.02. The molecule has 0 saturated heterocycles. The molecular formula is C32H45N7. The summed E-state index contributed by atoms with van der Waals surface area (Å²) in [6.07, 6.45) is 9.95. The minimum Gasteiger partial charge on any atom is -0.348 e. The van der Waals surface area contributed by atoms with Crippen molar-refractivity contribution in [1.29, 1.82) is 0 Å². The Morgan fingerprint density at radius 2 is 1.21 bits per heavy atom. The van der Waals surface area contributed by atoms with Gasteiger partial charge in [-0.2, -0.15) is 0 Å². The van der Waals surface area contributed by atoms with E-state index in [1.807, 2.05) is 31.8 Å². The molecule has 0 aliphatic carbocycles. The SMILES string of the molecule is CCCN(CCC)Cc1ccc(CN(C)Cc2ccc(CN(Cc3ncc[nH]3)Cc3nccn3C)cc2)cc1. The molecule has 2 heterocycles.